The molecule has 3 N–H and O–H groups in total. The number of benzene rings is 2. The van der Waals surface area contributed by atoms with E-state index in [0.717, 1.165) is 6.42 Å². The van der Waals surface area contributed by atoms with Gasteiger partial charge in [-0.25, -0.2) is 4.79 Å². The Morgan fingerprint density at radius 1 is 1.00 bits per heavy atom. The molecular formula is C29H41N3O6. The van der Waals surface area contributed by atoms with Crippen molar-refractivity contribution in [1.29, 1.82) is 0 Å². The lowest BCUT2D eigenvalue weighted by molar-refractivity contribution is -0.141. The van der Waals surface area contributed by atoms with Gasteiger partial charge in [0.2, 0.25) is 5.91 Å². The number of phenolic OH excluding ortho intramolecular Hbond substituents is 1. The number of anilines is 1. The number of aromatic hydroxyl groups is 1. The number of phenols is 1. The van der Waals surface area contributed by atoms with Crippen LogP contribution in [-0.2, 0) is 14.3 Å². The maximum absolute atomic E-state index is 14.0. The van der Waals surface area contributed by atoms with Gasteiger partial charge in [-0.2, -0.15) is 0 Å². The number of nitrogens with one attached hydrogen (secondary N) is 2. The number of carbonyl (C=O) groups is 3. The minimum absolute atomic E-state index is 0.0427. The predicted molar refractivity (Wildman–Crippen MR) is 147 cm³/mol. The van der Waals surface area contributed by atoms with Crippen molar-refractivity contribution in [2.45, 2.75) is 72.1 Å². The topological polar surface area (TPSA) is 117 Å². The summed E-state index contributed by atoms with van der Waals surface area (Å²) in [5, 5.41) is 15.5. The van der Waals surface area contributed by atoms with Crippen molar-refractivity contribution in [3.8, 4) is 11.5 Å². The first-order valence-corrected chi connectivity index (χ1v) is 12.9. The first kappa shape index (κ1) is 30.5. The van der Waals surface area contributed by atoms with E-state index in [9.17, 15) is 19.5 Å². The van der Waals surface area contributed by atoms with Crippen LogP contribution in [-0.4, -0.2) is 53.2 Å². The fourth-order valence-electron chi connectivity index (χ4n) is 3.84. The highest BCUT2D eigenvalue weighted by atomic mass is 16.6. The molecule has 0 saturated carbocycles. The van der Waals surface area contributed by atoms with Crippen molar-refractivity contribution < 1.29 is 29.0 Å². The zero-order valence-corrected chi connectivity index (χ0v) is 23.4. The molecule has 0 aliphatic heterocycles. The number of ether oxygens (including phenoxy) is 2. The highest BCUT2D eigenvalue weighted by Gasteiger charge is 2.37. The van der Waals surface area contributed by atoms with Crippen LogP contribution >= 0.6 is 0 Å². The number of carbonyl (C=O) groups excluding carboxylic acids is 3. The van der Waals surface area contributed by atoms with Gasteiger partial charge in [-0.3, -0.25) is 9.59 Å². The lowest BCUT2D eigenvalue weighted by atomic mass is 9.98. The van der Waals surface area contributed by atoms with E-state index in [1.54, 1.807) is 64.3 Å². The summed E-state index contributed by atoms with van der Waals surface area (Å²) < 4.78 is 10.6. The monoisotopic (exact) mass is 527 g/mol. The number of hydrogen-bond acceptors (Lipinski definition) is 6. The third-order valence-electron chi connectivity index (χ3n) is 5.77. The molecule has 0 bridgehead atoms. The highest BCUT2D eigenvalue weighted by molar-refractivity contribution is 5.99. The van der Waals surface area contributed by atoms with Crippen LogP contribution in [0.4, 0.5) is 10.5 Å². The molecule has 2 aromatic rings. The Bertz CT molecular complexity index is 1060. The Hall–Kier alpha value is -3.75. The van der Waals surface area contributed by atoms with Crippen molar-refractivity contribution >= 4 is 23.6 Å². The average molecular weight is 528 g/mol. The first-order chi connectivity index (χ1) is 17.9. The summed E-state index contributed by atoms with van der Waals surface area (Å²) in [6, 6.07) is 11.1. The second-order valence-electron chi connectivity index (χ2n) is 10.5. The van der Waals surface area contributed by atoms with Crippen LogP contribution in [0, 0.1) is 5.92 Å². The van der Waals surface area contributed by atoms with Gasteiger partial charge in [0.15, 0.2) is 0 Å². The maximum atomic E-state index is 14.0. The number of nitrogens with zero attached hydrogens (tertiary/aromatic N) is 1. The smallest absolute Gasteiger partial charge is 0.408 e. The first-order valence-electron chi connectivity index (χ1n) is 12.9. The van der Waals surface area contributed by atoms with Gasteiger partial charge in [-0.1, -0.05) is 39.3 Å². The minimum atomic E-state index is -1.02. The SMILES string of the molecule is CCCCN(C(=O)C(NC(=O)OC(C)(C)C)C(C)C)C(C(=O)Nc1ccc(OC)cc1)c1ccc(O)cc1. The maximum Gasteiger partial charge on any atom is 0.408 e. The predicted octanol–water partition coefficient (Wildman–Crippen LogP) is 5.26. The van der Waals surface area contributed by atoms with Gasteiger partial charge in [-0.15, -0.1) is 0 Å². The van der Waals surface area contributed by atoms with E-state index in [1.165, 1.54) is 17.0 Å². The summed E-state index contributed by atoms with van der Waals surface area (Å²) in [7, 11) is 1.56. The van der Waals surface area contributed by atoms with Gasteiger partial charge in [-0.05, 0) is 75.1 Å². The molecule has 9 heteroatoms. The van der Waals surface area contributed by atoms with Crippen molar-refractivity contribution in [2.24, 2.45) is 5.92 Å². The van der Waals surface area contributed by atoms with E-state index in [-0.39, 0.29) is 18.2 Å². The number of rotatable bonds is 11. The van der Waals surface area contributed by atoms with Gasteiger partial charge >= 0.3 is 6.09 Å². The lowest BCUT2D eigenvalue weighted by Gasteiger charge is -2.35. The third kappa shape index (κ3) is 8.97. The molecule has 0 heterocycles. The average Bonchev–Trinajstić information content (AvgIpc) is 2.84. The molecule has 0 radical (unpaired) electrons. The van der Waals surface area contributed by atoms with Crippen molar-refractivity contribution in [3.63, 3.8) is 0 Å². The van der Waals surface area contributed by atoms with Gasteiger partial charge in [0.05, 0.1) is 7.11 Å². The number of methoxy groups -OCH3 is 1. The van der Waals surface area contributed by atoms with Gasteiger partial charge in [0.25, 0.3) is 5.91 Å². The molecular weight excluding hydrogens is 486 g/mol. The van der Waals surface area contributed by atoms with E-state index in [0.29, 0.717) is 23.4 Å². The normalized spacial score (nSPS) is 12.8. The number of unbranched alkanes of at least 4 members (excludes halogenated alkanes) is 1. The zero-order chi connectivity index (χ0) is 28.5. The number of amides is 3. The molecule has 3 amide bonds. The Morgan fingerprint density at radius 2 is 1.61 bits per heavy atom. The fourth-order valence-corrected chi connectivity index (χ4v) is 3.84. The third-order valence-corrected chi connectivity index (χ3v) is 5.77. The second kappa shape index (κ2) is 13.7. The molecule has 0 fully saturated rings. The van der Waals surface area contributed by atoms with Crippen LogP contribution in [0.1, 0.15) is 66.0 Å². The van der Waals surface area contributed by atoms with Crippen LogP contribution in [0.25, 0.3) is 0 Å². The Morgan fingerprint density at radius 3 is 2.11 bits per heavy atom. The summed E-state index contributed by atoms with van der Waals surface area (Å²) in [6.45, 7) is 11.2. The summed E-state index contributed by atoms with van der Waals surface area (Å²) in [5.41, 5.74) is 0.330. The van der Waals surface area contributed by atoms with Gasteiger partial charge < -0.3 is 30.1 Å². The highest BCUT2D eigenvalue weighted by Crippen LogP contribution is 2.28. The molecule has 38 heavy (non-hydrogen) atoms. The van der Waals surface area contributed by atoms with E-state index >= 15 is 0 Å². The zero-order valence-electron chi connectivity index (χ0n) is 23.4. The van der Waals surface area contributed by atoms with Gasteiger partial charge in [0.1, 0.15) is 29.2 Å². The summed E-state index contributed by atoms with van der Waals surface area (Å²) in [6.07, 6.45) is 0.731. The van der Waals surface area contributed by atoms with Crippen molar-refractivity contribution in [1.82, 2.24) is 10.2 Å². The van der Waals surface area contributed by atoms with Gasteiger partial charge in [0, 0.05) is 12.2 Å². The molecule has 0 aromatic heterocycles. The standard InChI is InChI=1S/C29H41N3O6/c1-8-9-18-32(27(35)24(19(2)3)31-28(36)38-29(4,5)6)25(20-10-14-22(33)15-11-20)26(34)30-21-12-16-23(37-7)17-13-21/h10-17,19,24-25,33H,8-9,18H2,1-7H3,(H,30,34)(H,31,36). The van der Waals surface area contributed by atoms with Crippen LogP contribution < -0.4 is 15.4 Å². The number of alkyl carbamates (subject to hydrolysis) is 1. The van der Waals surface area contributed by atoms with Crippen LogP contribution in [0.2, 0.25) is 0 Å². The Kier molecular flexibility index (Phi) is 11.0. The Labute approximate surface area is 225 Å². The van der Waals surface area contributed by atoms with Crippen LogP contribution in [0.15, 0.2) is 48.5 Å². The largest absolute Gasteiger partial charge is 0.508 e. The minimum Gasteiger partial charge on any atom is -0.508 e. The van der Waals surface area contributed by atoms with E-state index in [4.69, 9.17) is 9.47 Å². The molecule has 0 aliphatic rings. The number of hydrogen-bond donors (Lipinski definition) is 3. The molecule has 2 atom stereocenters. The Balaban J connectivity index is 2.48. The fraction of sp³-hybridized carbons (Fsp3) is 0.483. The molecule has 0 aliphatic carbocycles. The van der Waals surface area contributed by atoms with Crippen LogP contribution in [0.5, 0.6) is 11.5 Å². The summed E-state index contributed by atoms with van der Waals surface area (Å²) >= 11 is 0. The van der Waals surface area contributed by atoms with E-state index in [1.807, 2.05) is 20.8 Å². The molecule has 2 unspecified atom stereocenters. The van der Waals surface area contributed by atoms with Crippen molar-refractivity contribution in [3.05, 3.63) is 54.1 Å². The quantitative estimate of drug-likeness (QED) is 0.367. The molecule has 2 rings (SSSR count). The van der Waals surface area contributed by atoms with Crippen LogP contribution in [0.3, 0.4) is 0 Å². The molecule has 0 spiro atoms. The summed E-state index contributed by atoms with van der Waals surface area (Å²) in [4.78, 5) is 41.9. The van der Waals surface area contributed by atoms with E-state index < -0.39 is 35.6 Å². The second-order valence-corrected chi connectivity index (χ2v) is 10.5. The summed E-state index contributed by atoms with van der Waals surface area (Å²) in [5.74, 6) is -0.413. The van der Waals surface area contributed by atoms with Crippen molar-refractivity contribution in [2.75, 3.05) is 19.0 Å². The molecule has 9 nitrogen and oxygen atoms in total. The molecule has 2 aromatic carbocycles. The van der Waals surface area contributed by atoms with E-state index in [2.05, 4.69) is 10.6 Å². The molecule has 0 saturated heterocycles. The molecule has 208 valence electrons. The lowest BCUT2D eigenvalue weighted by Crippen LogP contribution is -2.54.